The van der Waals surface area contributed by atoms with Crippen LogP contribution in [0.25, 0.3) is 11.1 Å². The van der Waals surface area contributed by atoms with E-state index in [2.05, 4.69) is 65.8 Å². The molecule has 0 radical (unpaired) electrons. The van der Waals surface area contributed by atoms with Gasteiger partial charge in [-0.2, -0.15) is 0 Å². The topological polar surface area (TPSA) is 0 Å². The summed E-state index contributed by atoms with van der Waals surface area (Å²) in [6, 6.07) is 9.24. The van der Waals surface area contributed by atoms with Crippen molar-refractivity contribution in [2.24, 2.45) is 5.92 Å². The molecule has 2 aromatic rings. The predicted molar refractivity (Wildman–Crippen MR) is 92.1 cm³/mol. The van der Waals surface area contributed by atoms with Crippen molar-refractivity contribution < 1.29 is 0 Å². The van der Waals surface area contributed by atoms with Crippen molar-refractivity contribution in [2.75, 3.05) is 0 Å². The fourth-order valence-corrected chi connectivity index (χ4v) is 3.64. The second-order valence-corrected chi connectivity index (χ2v) is 6.94. The van der Waals surface area contributed by atoms with E-state index in [1.165, 1.54) is 50.9 Å². The summed E-state index contributed by atoms with van der Waals surface area (Å²) < 4.78 is 0. The summed E-state index contributed by atoms with van der Waals surface area (Å²) in [6.07, 6.45) is 1.35. The first-order chi connectivity index (χ1) is 9.91. The Morgan fingerprint density at radius 2 is 1.33 bits per heavy atom. The molecule has 0 heteroatoms. The Labute approximate surface area is 129 Å². The van der Waals surface area contributed by atoms with Crippen LogP contribution in [0.4, 0.5) is 0 Å². The van der Waals surface area contributed by atoms with Crippen LogP contribution in [0.5, 0.6) is 0 Å². The third-order valence-electron chi connectivity index (χ3n) is 5.71. The van der Waals surface area contributed by atoms with Gasteiger partial charge < -0.3 is 0 Å². The van der Waals surface area contributed by atoms with E-state index < -0.39 is 0 Å². The molecule has 110 valence electrons. The van der Waals surface area contributed by atoms with E-state index >= 15 is 0 Å². The summed E-state index contributed by atoms with van der Waals surface area (Å²) in [5, 5.41) is 0. The van der Waals surface area contributed by atoms with Crippen LogP contribution in [0, 0.1) is 40.5 Å². The lowest BCUT2D eigenvalue weighted by Crippen LogP contribution is -1.99. The number of hydrogen-bond donors (Lipinski definition) is 0. The van der Waals surface area contributed by atoms with E-state index in [1.54, 1.807) is 0 Å². The Bertz CT molecular complexity index is 677. The van der Waals surface area contributed by atoms with E-state index in [-0.39, 0.29) is 0 Å². The Morgan fingerprint density at radius 3 is 1.86 bits per heavy atom. The van der Waals surface area contributed by atoms with Gasteiger partial charge >= 0.3 is 0 Å². The molecule has 1 aliphatic carbocycles. The van der Waals surface area contributed by atoms with Gasteiger partial charge in [-0.05, 0) is 97.4 Å². The van der Waals surface area contributed by atoms with Gasteiger partial charge in [0.25, 0.3) is 0 Å². The van der Waals surface area contributed by atoms with Crippen LogP contribution < -0.4 is 0 Å². The molecule has 3 rings (SSSR count). The van der Waals surface area contributed by atoms with E-state index in [4.69, 9.17) is 0 Å². The Morgan fingerprint density at radius 1 is 0.810 bits per heavy atom. The molecule has 0 heterocycles. The molecule has 0 aliphatic heterocycles. The van der Waals surface area contributed by atoms with Crippen molar-refractivity contribution in [2.45, 2.75) is 53.9 Å². The highest BCUT2D eigenvalue weighted by Gasteiger charge is 2.34. The average molecular weight is 278 g/mol. The monoisotopic (exact) mass is 278 g/mol. The van der Waals surface area contributed by atoms with Crippen LogP contribution in [0.2, 0.25) is 0 Å². The molecule has 0 spiro atoms. The zero-order chi connectivity index (χ0) is 15.3. The molecule has 21 heavy (non-hydrogen) atoms. The molecule has 0 bridgehead atoms. The van der Waals surface area contributed by atoms with Crippen LogP contribution in [0.1, 0.15) is 52.6 Å². The van der Waals surface area contributed by atoms with E-state index in [1.807, 2.05) is 0 Å². The number of rotatable bonds is 2. The minimum absolute atomic E-state index is 0.790. The zero-order valence-corrected chi connectivity index (χ0v) is 14.2. The van der Waals surface area contributed by atoms with Gasteiger partial charge in [0.15, 0.2) is 0 Å². The number of benzene rings is 2. The van der Waals surface area contributed by atoms with Crippen LogP contribution >= 0.6 is 0 Å². The van der Waals surface area contributed by atoms with E-state index in [0.29, 0.717) is 0 Å². The van der Waals surface area contributed by atoms with Crippen molar-refractivity contribution in [3.8, 4) is 11.1 Å². The summed E-state index contributed by atoms with van der Waals surface area (Å²) in [6.45, 7) is 13.7. The minimum atomic E-state index is 0.790. The molecule has 1 fully saturated rings. The van der Waals surface area contributed by atoms with Gasteiger partial charge in [0.2, 0.25) is 0 Å². The van der Waals surface area contributed by atoms with Crippen molar-refractivity contribution in [3.05, 3.63) is 57.6 Å². The highest BCUT2D eigenvalue weighted by atomic mass is 14.4. The van der Waals surface area contributed by atoms with Crippen LogP contribution in [0.15, 0.2) is 24.3 Å². The number of hydrogen-bond acceptors (Lipinski definition) is 0. The van der Waals surface area contributed by atoms with Crippen LogP contribution in [-0.4, -0.2) is 0 Å². The molecule has 0 nitrogen and oxygen atoms in total. The fourth-order valence-electron chi connectivity index (χ4n) is 3.64. The quantitative estimate of drug-likeness (QED) is 0.630. The lowest BCUT2D eigenvalue weighted by Gasteiger charge is -2.19. The second kappa shape index (κ2) is 5.02. The van der Waals surface area contributed by atoms with Gasteiger partial charge in [0, 0.05) is 0 Å². The lowest BCUT2D eigenvalue weighted by molar-refractivity contribution is 0.915. The van der Waals surface area contributed by atoms with Crippen molar-refractivity contribution >= 4 is 0 Å². The van der Waals surface area contributed by atoms with Gasteiger partial charge in [-0.25, -0.2) is 0 Å². The fraction of sp³-hybridized carbons (Fsp3) is 0.429. The summed E-state index contributed by atoms with van der Waals surface area (Å²) in [5.41, 5.74) is 11.6. The molecule has 0 saturated heterocycles. The van der Waals surface area contributed by atoms with Crippen LogP contribution in [0.3, 0.4) is 0 Å². The SMILES string of the molecule is Cc1c(C)c(C)c(-c2cccc(C3CC3C)c2)c(C)c1C. The Kier molecular flexibility index (Phi) is 3.43. The van der Waals surface area contributed by atoms with Gasteiger partial charge in [0.05, 0.1) is 0 Å². The minimum Gasteiger partial charge on any atom is -0.0619 e. The van der Waals surface area contributed by atoms with Crippen LogP contribution in [-0.2, 0) is 0 Å². The summed E-state index contributed by atoms with van der Waals surface area (Å²) in [5.74, 6) is 1.65. The molecule has 0 aromatic heterocycles. The van der Waals surface area contributed by atoms with Gasteiger partial charge in [-0.15, -0.1) is 0 Å². The molecular weight excluding hydrogens is 252 g/mol. The first-order valence-corrected chi connectivity index (χ1v) is 8.09. The maximum atomic E-state index is 2.43. The summed E-state index contributed by atoms with van der Waals surface area (Å²) in [7, 11) is 0. The van der Waals surface area contributed by atoms with Gasteiger partial charge in [-0.3, -0.25) is 0 Å². The molecule has 2 unspecified atom stereocenters. The molecule has 2 aromatic carbocycles. The van der Waals surface area contributed by atoms with Crippen molar-refractivity contribution in [1.82, 2.24) is 0 Å². The van der Waals surface area contributed by atoms with Gasteiger partial charge in [-0.1, -0.05) is 31.2 Å². The maximum Gasteiger partial charge on any atom is -0.0120 e. The third kappa shape index (κ3) is 2.31. The highest BCUT2D eigenvalue weighted by molar-refractivity contribution is 5.75. The van der Waals surface area contributed by atoms with Crippen molar-refractivity contribution in [3.63, 3.8) is 0 Å². The highest BCUT2D eigenvalue weighted by Crippen LogP contribution is 2.47. The molecule has 0 N–H and O–H groups in total. The lowest BCUT2D eigenvalue weighted by atomic mass is 9.85. The first-order valence-electron chi connectivity index (χ1n) is 8.09. The van der Waals surface area contributed by atoms with E-state index in [9.17, 15) is 0 Å². The molecule has 1 saturated carbocycles. The molecule has 1 aliphatic rings. The smallest absolute Gasteiger partial charge is 0.0120 e. The average Bonchev–Trinajstić information content (AvgIpc) is 3.21. The predicted octanol–water partition coefficient (Wildman–Crippen LogP) is 6.02. The normalized spacial score (nSPS) is 20.7. The standard InChI is InChI=1S/C21H26/c1-12-10-20(12)18-8-7-9-19(11-18)21-16(5)14(3)13(2)15(4)17(21)6/h7-9,11-12,20H,10H2,1-6H3. The molecule has 2 atom stereocenters. The largest absolute Gasteiger partial charge is 0.0619 e. The second-order valence-electron chi connectivity index (χ2n) is 6.94. The molecule has 0 amide bonds. The summed E-state index contributed by atoms with van der Waals surface area (Å²) >= 11 is 0. The third-order valence-corrected chi connectivity index (χ3v) is 5.71. The van der Waals surface area contributed by atoms with E-state index in [0.717, 1.165) is 11.8 Å². The zero-order valence-electron chi connectivity index (χ0n) is 14.2. The first kappa shape index (κ1) is 14.4. The maximum absolute atomic E-state index is 2.43. The van der Waals surface area contributed by atoms with Gasteiger partial charge in [0.1, 0.15) is 0 Å². The van der Waals surface area contributed by atoms with Crippen molar-refractivity contribution in [1.29, 1.82) is 0 Å². The molecular formula is C21H26. The Hall–Kier alpha value is -1.56. The summed E-state index contributed by atoms with van der Waals surface area (Å²) in [4.78, 5) is 0. The Balaban J connectivity index is 2.17.